The molecule has 1 fully saturated rings. The van der Waals surface area contributed by atoms with E-state index in [0.717, 1.165) is 57.9 Å². The molecule has 1 amide bonds. The number of nitrogens with one attached hydrogen (secondary N) is 1. The Morgan fingerprint density at radius 1 is 1.17 bits per heavy atom. The fraction of sp³-hybridized carbons (Fsp3) is 0.632. The fourth-order valence-corrected chi connectivity index (χ4v) is 3.07. The first-order valence-electron chi connectivity index (χ1n) is 9.19. The highest BCUT2D eigenvalue weighted by Crippen LogP contribution is 2.26. The molecule has 0 aromatic heterocycles. The second kappa shape index (κ2) is 10.2. The predicted molar refractivity (Wildman–Crippen MR) is 99.7 cm³/mol. The average Bonchev–Trinajstić information content (AvgIpc) is 2.62. The van der Waals surface area contributed by atoms with Gasteiger partial charge in [0.05, 0.1) is 24.6 Å². The maximum atomic E-state index is 12.4. The Morgan fingerprint density at radius 2 is 1.83 bits per heavy atom. The molecule has 5 nitrogen and oxygen atoms in total. The van der Waals surface area contributed by atoms with Crippen molar-refractivity contribution in [2.45, 2.75) is 33.1 Å². The maximum Gasteiger partial charge on any atom is 0.224 e. The van der Waals surface area contributed by atoms with Crippen molar-refractivity contribution < 1.29 is 9.53 Å². The molecule has 1 aromatic carbocycles. The van der Waals surface area contributed by atoms with Crippen LogP contribution in [0.2, 0.25) is 0 Å². The summed E-state index contributed by atoms with van der Waals surface area (Å²) in [5.41, 5.74) is 2.30. The third-order valence-electron chi connectivity index (χ3n) is 4.25. The molecule has 1 saturated heterocycles. The van der Waals surface area contributed by atoms with Crippen LogP contribution >= 0.6 is 0 Å². The van der Waals surface area contributed by atoms with E-state index in [0.29, 0.717) is 13.0 Å². The highest BCUT2D eigenvalue weighted by atomic mass is 16.5. The van der Waals surface area contributed by atoms with E-state index in [2.05, 4.69) is 42.3 Å². The average molecular weight is 333 g/mol. The van der Waals surface area contributed by atoms with Crippen molar-refractivity contribution in [3.63, 3.8) is 0 Å². The van der Waals surface area contributed by atoms with Crippen LogP contribution in [0.1, 0.15) is 33.1 Å². The van der Waals surface area contributed by atoms with E-state index < -0.39 is 0 Å². The van der Waals surface area contributed by atoms with Crippen LogP contribution in [0.15, 0.2) is 24.3 Å². The molecule has 0 spiro atoms. The molecule has 24 heavy (non-hydrogen) atoms. The van der Waals surface area contributed by atoms with E-state index in [1.54, 1.807) is 0 Å². The van der Waals surface area contributed by atoms with Crippen LogP contribution in [0.3, 0.4) is 0 Å². The van der Waals surface area contributed by atoms with Crippen LogP contribution in [0.4, 0.5) is 11.4 Å². The standard InChI is InChI=1S/C19H31N3O2/c1-3-11-22(12-4-2)19(23)9-10-20-17-7-5-6-8-18(17)21-13-15-24-16-14-21/h5-8,20H,3-4,9-16H2,1-2H3. The van der Waals surface area contributed by atoms with Gasteiger partial charge in [0.15, 0.2) is 0 Å². The molecule has 1 N–H and O–H groups in total. The van der Waals surface area contributed by atoms with Crippen molar-refractivity contribution in [2.24, 2.45) is 0 Å². The monoisotopic (exact) mass is 333 g/mol. The number of hydrogen-bond donors (Lipinski definition) is 1. The quantitative estimate of drug-likeness (QED) is 0.755. The zero-order valence-corrected chi connectivity index (χ0v) is 15.1. The van der Waals surface area contributed by atoms with Crippen molar-refractivity contribution >= 4 is 17.3 Å². The van der Waals surface area contributed by atoms with Gasteiger partial charge in [0.1, 0.15) is 0 Å². The van der Waals surface area contributed by atoms with E-state index >= 15 is 0 Å². The first-order chi connectivity index (χ1) is 11.8. The molecule has 1 aliphatic heterocycles. The van der Waals surface area contributed by atoms with Gasteiger partial charge in [0, 0.05) is 39.1 Å². The summed E-state index contributed by atoms with van der Waals surface area (Å²) in [5, 5.41) is 3.45. The number of benzene rings is 1. The van der Waals surface area contributed by atoms with E-state index in [4.69, 9.17) is 4.74 Å². The van der Waals surface area contributed by atoms with Gasteiger partial charge in [0.25, 0.3) is 0 Å². The second-order valence-electron chi connectivity index (χ2n) is 6.17. The number of carbonyl (C=O) groups is 1. The molecule has 134 valence electrons. The summed E-state index contributed by atoms with van der Waals surface area (Å²) in [7, 11) is 0. The molecule has 0 aliphatic carbocycles. The van der Waals surface area contributed by atoms with Crippen molar-refractivity contribution in [3.8, 4) is 0 Å². The molecule has 0 radical (unpaired) electrons. The van der Waals surface area contributed by atoms with Gasteiger partial charge in [-0.2, -0.15) is 0 Å². The zero-order chi connectivity index (χ0) is 17.2. The Balaban J connectivity index is 1.88. The van der Waals surface area contributed by atoms with Gasteiger partial charge in [0.2, 0.25) is 5.91 Å². The molecular weight excluding hydrogens is 302 g/mol. The number of rotatable bonds is 9. The third kappa shape index (κ3) is 5.41. The summed E-state index contributed by atoms with van der Waals surface area (Å²) >= 11 is 0. The lowest BCUT2D eigenvalue weighted by molar-refractivity contribution is -0.131. The molecule has 2 rings (SSSR count). The number of amides is 1. The molecule has 1 heterocycles. The van der Waals surface area contributed by atoms with E-state index in [9.17, 15) is 4.79 Å². The minimum absolute atomic E-state index is 0.245. The van der Waals surface area contributed by atoms with Crippen LogP contribution in [0.5, 0.6) is 0 Å². The van der Waals surface area contributed by atoms with Crippen molar-refractivity contribution in [2.75, 3.05) is 56.2 Å². The number of ether oxygens (including phenoxy) is 1. The van der Waals surface area contributed by atoms with Crippen molar-refractivity contribution in [3.05, 3.63) is 24.3 Å². The molecule has 1 aliphatic rings. The minimum Gasteiger partial charge on any atom is -0.383 e. The largest absolute Gasteiger partial charge is 0.383 e. The first-order valence-corrected chi connectivity index (χ1v) is 9.19. The fourth-order valence-electron chi connectivity index (χ4n) is 3.07. The van der Waals surface area contributed by atoms with Gasteiger partial charge in [-0.3, -0.25) is 4.79 Å². The number of nitrogens with zero attached hydrogens (tertiary/aromatic N) is 2. The predicted octanol–water partition coefficient (Wildman–Crippen LogP) is 2.97. The van der Waals surface area contributed by atoms with Crippen LogP contribution in [0.25, 0.3) is 0 Å². The van der Waals surface area contributed by atoms with E-state index in [1.807, 2.05) is 11.0 Å². The lowest BCUT2D eigenvalue weighted by atomic mass is 10.2. The maximum absolute atomic E-state index is 12.4. The Kier molecular flexibility index (Phi) is 7.89. The van der Waals surface area contributed by atoms with E-state index in [1.165, 1.54) is 5.69 Å². The van der Waals surface area contributed by atoms with Crippen LogP contribution in [0, 0.1) is 0 Å². The summed E-state index contributed by atoms with van der Waals surface area (Å²) in [6.07, 6.45) is 2.56. The summed E-state index contributed by atoms with van der Waals surface area (Å²) in [5.74, 6) is 0.245. The topological polar surface area (TPSA) is 44.8 Å². The normalized spacial score (nSPS) is 14.5. The molecular formula is C19H31N3O2. The summed E-state index contributed by atoms with van der Waals surface area (Å²) in [4.78, 5) is 16.7. The molecule has 5 heteroatoms. The Bertz CT molecular complexity index is 495. The molecule has 1 aromatic rings. The summed E-state index contributed by atoms with van der Waals surface area (Å²) in [6, 6.07) is 8.32. The van der Waals surface area contributed by atoms with Crippen LogP contribution in [-0.4, -0.2) is 56.7 Å². The van der Waals surface area contributed by atoms with Gasteiger partial charge in [-0.1, -0.05) is 26.0 Å². The van der Waals surface area contributed by atoms with Gasteiger partial charge >= 0.3 is 0 Å². The number of hydrogen-bond acceptors (Lipinski definition) is 4. The Labute approximate surface area is 146 Å². The number of carbonyl (C=O) groups excluding carboxylic acids is 1. The summed E-state index contributed by atoms with van der Waals surface area (Å²) < 4.78 is 5.43. The summed E-state index contributed by atoms with van der Waals surface area (Å²) in [6.45, 7) is 10.0. The molecule has 0 atom stereocenters. The lowest BCUT2D eigenvalue weighted by Gasteiger charge is -2.30. The van der Waals surface area contributed by atoms with Crippen LogP contribution in [-0.2, 0) is 9.53 Å². The smallest absolute Gasteiger partial charge is 0.224 e. The zero-order valence-electron chi connectivity index (χ0n) is 15.1. The Hall–Kier alpha value is -1.75. The SMILES string of the molecule is CCCN(CCC)C(=O)CCNc1ccccc1N1CCOCC1. The number of anilines is 2. The lowest BCUT2D eigenvalue weighted by Crippen LogP contribution is -2.36. The molecule has 0 bridgehead atoms. The Morgan fingerprint density at radius 3 is 2.50 bits per heavy atom. The van der Waals surface area contributed by atoms with Gasteiger partial charge in [-0.05, 0) is 25.0 Å². The van der Waals surface area contributed by atoms with Gasteiger partial charge in [-0.15, -0.1) is 0 Å². The van der Waals surface area contributed by atoms with Crippen molar-refractivity contribution in [1.82, 2.24) is 4.90 Å². The van der Waals surface area contributed by atoms with Gasteiger partial charge in [-0.25, -0.2) is 0 Å². The molecule has 0 saturated carbocycles. The molecule has 0 unspecified atom stereocenters. The third-order valence-corrected chi connectivity index (χ3v) is 4.25. The minimum atomic E-state index is 0.245. The second-order valence-corrected chi connectivity index (χ2v) is 6.17. The number of morpholine rings is 1. The highest BCUT2D eigenvalue weighted by Gasteiger charge is 2.15. The highest BCUT2D eigenvalue weighted by molar-refractivity contribution is 5.77. The van der Waals surface area contributed by atoms with Gasteiger partial charge < -0.3 is 19.9 Å². The van der Waals surface area contributed by atoms with E-state index in [-0.39, 0.29) is 5.91 Å². The van der Waals surface area contributed by atoms with Crippen LogP contribution < -0.4 is 10.2 Å². The van der Waals surface area contributed by atoms with Crippen molar-refractivity contribution in [1.29, 1.82) is 0 Å². The number of para-hydroxylation sites is 2. The first kappa shape index (κ1) is 18.6.